The molecule has 2 rings (SSSR count). The molecular weight excluding hydrogens is 238 g/mol. The second-order valence-electron chi connectivity index (χ2n) is 4.80. The number of rotatable bonds is 4. The minimum Gasteiger partial charge on any atom is -0.480 e. The van der Waals surface area contributed by atoms with Gasteiger partial charge in [0.15, 0.2) is 0 Å². The van der Waals surface area contributed by atoms with E-state index in [9.17, 15) is 0 Å². The lowest BCUT2D eigenvalue weighted by molar-refractivity contribution is 0.390. The normalized spacial score (nSPS) is 12.5. The number of methoxy groups -OCH3 is 1. The van der Waals surface area contributed by atoms with E-state index in [1.54, 1.807) is 13.2 Å². The number of nitrogens with two attached hydrogens (primary N) is 1. The molecule has 0 bridgehead atoms. The zero-order chi connectivity index (χ0) is 13.8. The van der Waals surface area contributed by atoms with Gasteiger partial charge in [-0.2, -0.15) is 0 Å². The Morgan fingerprint density at radius 1 is 0.947 bits per heavy atom. The molecule has 0 radical (unpaired) electrons. The van der Waals surface area contributed by atoms with Crippen LogP contribution in [0.15, 0.2) is 36.4 Å². The van der Waals surface area contributed by atoms with Crippen molar-refractivity contribution in [2.24, 2.45) is 5.73 Å². The predicted octanol–water partition coefficient (Wildman–Crippen LogP) is 2.66. The van der Waals surface area contributed by atoms with Gasteiger partial charge in [-0.3, -0.25) is 0 Å². The lowest BCUT2D eigenvalue weighted by Crippen LogP contribution is -2.14. The molecule has 0 saturated heterocycles. The highest BCUT2D eigenvalue weighted by Crippen LogP contribution is 2.21. The fourth-order valence-electron chi connectivity index (χ4n) is 1.86. The summed E-state index contributed by atoms with van der Waals surface area (Å²) in [4.78, 5) is 0. The van der Waals surface area contributed by atoms with E-state index >= 15 is 0 Å². The zero-order valence-corrected chi connectivity index (χ0v) is 11.5. The molecule has 19 heavy (non-hydrogen) atoms. The smallest absolute Gasteiger partial charge is 0.233 e. The molecule has 0 aliphatic heterocycles. The number of nitrogens with zero attached hydrogens (tertiary/aromatic N) is 2. The van der Waals surface area contributed by atoms with Gasteiger partial charge < -0.3 is 10.5 Å². The molecule has 4 heteroatoms. The van der Waals surface area contributed by atoms with Crippen molar-refractivity contribution in [1.82, 2.24) is 10.2 Å². The summed E-state index contributed by atoms with van der Waals surface area (Å²) in [6.07, 6.45) is 0. The van der Waals surface area contributed by atoms with E-state index in [1.165, 1.54) is 5.56 Å². The number of hydrogen-bond donors (Lipinski definition) is 1. The van der Waals surface area contributed by atoms with Gasteiger partial charge in [-0.25, -0.2) is 0 Å². The average molecular weight is 257 g/mol. The molecule has 1 aromatic heterocycles. The van der Waals surface area contributed by atoms with Crippen molar-refractivity contribution in [3.8, 4) is 5.88 Å². The van der Waals surface area contributed by atoms with E-state index in [4.69, 9.17) is 10.5 Å². The van der Waals surface area contributed by atoms with Gasteiger partial charge in [0.05, 0.1) is 18.8 Å². The summed E-state index contributed by atoms with van der Waals surface area (Å²) in [5.41, 5.74) is 9.26. The van der Waals surface area contributed by atoms with E-state index in [1.807, 2.05) is 18.2 Å². The molecule has 0 spiro atoms. The molecule has 0 saturated carbocycles. The lowest BCUT2D eigenvalue weighted by Gasteiger charge is -2.13. The van der Waals surface area contributed by atoms with Crippen molar-refractivity contribution in [3.05, 3.63) is 53.2 Å². The fourth-order valence-corrected chi connectivity index (χ4v) is 1.86. The molecule has 1 aromatic carbocycles. The van der Waals surface area contributed by atoms with E-state index < -0.39 is 0 Å². The third kappa shape index (κ3) is 3.09. The molecule has 0 amide bonds. The Labute approximate surface area is 113 Å². The van der Waals surface area contributed by atoms with Gasteiger partial charge in [0.25, 0.3) is 0 Å². The summed E-state index contributed by atoms with van der Waals surface area (Å²) in [7, 11) is 1.56. The van der Waals surface area contributed by atoms with Gasteiger partial charge in [-0.15, -0.1) is 10.2 Å². The standard InChI is InChI=1S/C15H19N3O/c1-10(2)11-4-6-12(7-5-11)15(16)13-8-9-14(19-3)18-17-13/h4-10,15H,16H2,1-3H3. The molecule has 0 aliphatic rings. The average Bonchev–Trinajstić information content (AvgIpc) is 2.46. The molecular formula is C15H19N3O. The zero-order valence-electron chi connectivity index (χ0n) is 11.5. The van der Waals surface area contributed by atoms with Gasteiger partial charge in [-0.1, -0.05) is 38.1 Å². The molecule has 4 nitrogen and oxygen atoms in total. The SMILES string of the molecule is COc1ccc(C(N)c2ccc(C(C)C)cc2)nn1. The molecule has 0 fully saturated rings. The number of hydrogen-bond acceptors (Lipinski definition) is 4. The first-order valence-electron chi connectivity index (χ1n) is 6.35. The second-order valence-corrected chi connectivity index (χ2v) is 4.80. The maximum absolute atomic E-state index is 6.19. The third-order valence-corrected chi connectivity index (χ3v) is 3.15. The van der Waals surface area contributed by atoms with Crippen molar-refractivity contribution in [2.45, 2.75) is 25.8 Å². The summed E-state index contributed by atoms with van der Waals surface area (Å²) in [5.74, 6) is 1.01. The highest BCUT2D eigenvalue weighted by atomic mass is 16.5. The summed E-state index contributed by atoms with van der Waals surface area (Å²) >= 11 is 0. The summed E-state index contributed by atoms with van der Waals surface area (Å²) in [5, 5.41) is 8.02. The quantitative estimate of drug-likeness (QED) is 0.914. The van der Waals surface area contributed by atoms with Crippen molar-refractivity contribution in [3.63, 3.8) is 0 Å². The predicted molar refractivity (Wildman–Crippen MR) is 75.1 cm³/mol. The molecule has 1 unspecified atom stereocenters. The van der Waals surface area contributed by atoms with Gasteiger partial charge >= 0.3 is 0 Å². The first-order chi connectivity index (χ1) is 9.11. The topological polar surface area (TPSA) is 61.0 Å². The van der Waals surface area contributed by atoms with E-state index in [-0.39, 0.29) is 6.04 Å². The second kappa shape index (κ2) is 5.80. The Morgan fingerprint density at radius 3 is 2.05 bits per heavy atom. The monoisotopic (exact) mass is 257 g/mol. The van der Waals surface area contributed by atoms with Crippen LogP contribution < -0.4 is 10.5 Å². The Hall–Kier alpha value is -1.94. The minimum absolute atomic E-state index is 0.264. The van der Waals surface area contributed by atoms with Crippen molar-refractivity contribution in [1.29, 1.82) is 0 Å². The Balaban J connectivity index is 2.20. The van der Waals surface area contributed by atoms with Crippen molar-refractivity contribution < 1.29 is 4.74 Å². The number of ether oxygens (including phenoxy) is 1. The third-order valence-electron chi connectivity index (χ3n) is 3.15. The Bertz CT molecular complexity index is 520. The Kier molecular flexibility index (Phi) is 4.12. The molecule has 2 N–H and O–H groups in total. The molecule has 1 heterocycles. The van der Waals surface area contributed by atoms with E-state index in [0.29, 0.717) is 11.8 Å². The van der Waals surface area contributed by atoms with Crippen LogP contribution in [0, 0.1) is 0 Å². The van der Waals surface area contributed by atoms with Gasteiger partial charge in [0.1, 0.15) is 0 Å². The van der Waals surface area contributed by atoms with Crippen molar-refractivity contribution >= 4 is 0 Å². The molecule has 2 aromatic rings. The lowest BCUT2D eigenvalue weighted by atomic mass is 9.98. The van der Waals surface area contributed by atoms with Crippen molar-refractivity contribution in [2.75, 3.05) is 7.11 Å². The maximum atomic E-state index is 6.19. The van der Waals surface area contributed by atoms with Crippen LogP contribution in [0.2, 0.25) is 0 Å². The van der Waals surface area contributed by atoms with E-state index in [2.05, 4.69) is 36.2 Å². The highest BCUT2D eigenvalue weighted by Gasteiger charge is 2.11. The van der Waals surface area contributed by atoms with Gasteiger partial charge in [0.2, 0.25) is 5.88 Å². The van der Waals surface area contributed by atoms with Gasteiger partial charge in [-0.05, 0) is 23.1 Å². The first-order valence-corrected chi connectivity index (χ1v) is 6.35. The van der Waals surface area contributed by atoms with Crippen LogP contribution >= 0.6 is 0 Å². The van der Waals surface area contributed by atoms with Crippen LogP contribution in [0.5, 0.6) is 5.88 Å². The maximum Gasteiger partial charge on any atom is 0.233 e. The number of benzene rings is 1. The van der Waals surface area contributed by atoms with Gasteiger partial charge in [0, 0.05) is 6.07 Å². The van der Waals surface area contributed by atoms with Crippen LogP contribution in [-0.4, -0.2) is 17.3 Å². The minimum atomic E-state index is -0.264. The summed E-state index contributed by atoms with van der Waals surface area (Å²) < 4.78 is 4.98. The first kappa shape index (κ1) is 13.5. The molecule has 100 valence electrons. The fraction of sp³-hybridized carbons (Fsp3) is 0.333. The molecule has 1 atom stereocenters. The van der Waals surface area contributed by atoms with Crippen LogP contribution in [-0.2, 0) is 0 Å². The summed E-state index contributed by atoms with van der Waals surface area (Å²) in [6.45, 7) is 4.34. The Morgan fingerprint density at radius 2 is 1.58 bits per heavy atom. The number of aromatic nitrogens is 2. The van der Waals surface area contributed by atoms with Crippen LogP contribution in [0.3, 0.4) is 0 Å². The van der Waals surface area contributed by atoms with Crippen LogP contribution in [0.1, 0.15) is 42.6 Å². The largest absolute Gasteiger partial charge is 0.480 e. The van der Waals surface area contributed by atoms with E-state index in [0.717, 1.165) is 11.3 Å². The highest BCUT2D eigenvalue weighted by molar-refractivity contribution is 5.31. The van der Waals surface area contributed by atoms with Crippen LogP contribution in [0.25, 0.3) is 0 Å². The molecule has 0 aliphatic carbocycles. The van der Waals surface area contributed by atoms with Crippen LogP contribution in [0.4, 0.5) is 0 Å². The summed E-state index contributed by atoms with van der Waals surface area (Å²) in [6, 6.07) is 11.7.